The summed E-state index contributed by atoms with van der Waals surface area (Å²) in [7, 11) is 1.55. The van der Waals surface area contributed by atoms with Gasteiger partial charge in [-0.25, -0.2) is 9.07 Å². The molecule has 3 aromatic rings. The standard InChI is InChI=1S/C19H20BrClFN5O2/c1-3-7-27-19(24-25-26-27)23-10-12-8-17(28-2)18(9-14(12)20)29-11-13-15(21)5-4-6-16(13)22/h4-6,8-9H,3,7,10-11H2,1-2H3,(H,23,24,26). The number of tetrazole rings is 1. The quantitative estimate of drug-likeness (QED) is 0.469. The van der Waals surface area contributed by atoms with E-state index in [1.54, 1.807) is 30.0 Å². The summed E-state index contributed by atoms with van der Waals surface area (Å²) in [6.07, 6.45) is 0.926. The van der Waals surface area contributed by atoms with Crippen molar-refractivity contribution in [3.63, 3.8) is 0 Å². The lowest BCUT2D eigenvalue weighted by Gasteiger charge is -2.15. The fraction of sp³-hybridized carbons (Fsp3) is 0.316. The summed E-state index contributed by atoms with van der Waals surface area (Å²) in [6, 6.07) is 8.13. The van der Waals surface area contributed by atoms with Crippen LogP contribution in [0.4, 0.5) is 10.3 Å². The predicted octanol–water partition coefficient (Wildman–Crippen LogP) is 4.84. The number of nitrogens with one attached hydrogen (secondary N) is 1. The molecular formula is C19H20BrClFN5O2. The molecule has 1 aromatic heterocycles. The van der Waals surface area contributed by atoms with Crippen LogP contribution in [-0.2, 0) is 19.7 Å². The number of rotatable bonds is 9. The van der Waals surface area contributed by atoms with Crippen LogP contribution in [0.3, 0.4) is 0 Å². The molecule has 0 unspecified atom stereocenters. The van der Waals surface area contributed by atoms with Crippen LogP contribution >= 0.6 is 27.5 Å². The second-order valence-electron chi connectivity index (χ2n) is 6.16. The molecule has 0 saturated carbocycles. The van der Waals surface area contributed by atoms with Crippen molar-refractivity contribution in [3.05, 3.63) is 56.8 Å². The van der Waals surface area contributed by atoms with Gasteiger partial charge in [-0.2, -0.15) is 0 Å². The fourth-order valence-electron chi connectivity index (χ4n) is 2.67. The monoisotopic (exact) mass is 483 g/mol. The van der Waals surface area contributed by atoms with E-state index in [0.717, 1.165) is 23.0 Å². The molecule has 0 aliphatic carbocycles. The first-order valence-electron chi connectivity index (χ1n) is 8.95. The topological polar surface area (TPSA) is 74.1 Å². The number of aromatic nitrogens is 4. The van der Waals surface area contributed by atoms with Crippen LogP contribution in [0.5, 0.6) is 11.5 Å². The van der Waals surface area contributed by atoms with E-state index in [1.165, 1.54) is 6.07 Å². The van der Waals surface area contributed by atoms with Gasteiger partial charge in [-0.3, -0.25) is 0 Å². The first-order chi connectivity index (χ1) is 14.0. The molecule has 0 bridgehead atoms. The summed E-state index contributed by atoms with van der Waals surface area (Å²) in [6.45, 7) is 3.24. The number of methoxy groups -OCH3 is 1. The third-order valence-corrected chi connectivity index (χ3v) is 5.26. The van der Waals surface area contributed by atoms with Gasteiger partial charge in [-0.05, 0) is 46.7 Å². The van der Waals surface area contributed by atoms with Crippen LogP contribution < -0.4 is 14.8 Å². The van der Waals surface area contributed by atoms with Gasteiger partial charge in [0.2, 0.25) is 5.95 Å². The lowest BCUT2D eigenvalue weighted by Crippen LogP contribution is -2.09. The zero-order valence-corrected chi connectivity index (χ0v) is 18.3. The van der Waals surface area contributed by atoms with Gasteiger partial charge in [-0.15, -0.1) is 0 Å². The summed E-state index contributed by atoms with van der Waals surface area (Å²) in [4.78, 5) is 0. The van der Waals surface area contributed by atoms with Crippen LogP contribution in [-0.4, -0.2) is 27.3 Å². The van der Waals surface area contributed by atoms with Gasteiger partial charge in [0.25, 0.3) is 0 Å². The van der Waals surface area contributed by atoms with E-state index in [1.807, 2.05) is 6.07 Å². The summed E-state index contributed by atoms with van der Waals surface area (Å²) in [5.41, 5.74) is 1.21. The normalized spacial score (nSPS) is 10.8. The molecule has 0 saturated heterocycles. The van der Waals surface area contributed by atoms with Gasteiger partial charge in [0, 0.05) is 23.1 Å². The highest BCUT2D eigenvalue weighted by molar-refractivity contribution is 9.10. The number of ether oxygens (including phenoxy) is 2. The molecule has 1 N–H and O–H groups in total. The number of hydrogen-bond donors (Lipinski definition) is 1. The van der Waals surface area contributed by atoms with Crippen molar-refractivity contribution in [1.29, 1.82) is 0 Å². The summed E-state index contributed by atoms with van der Waals surface area (Å²) in [5, 5.41) is 15.2. The van der Waals surface area contributed by atoms with Crippen LogP contribution in [0, 0.1) is 5.82 Å². The minimum Gasteiger partial charge on any atom is -0.493 e. The molecule has 0 atom stereocenters. The van der Waals surface area contributed by atoms with Crippen LogP contribution in [0.1, 0.15) is 24.5 Å². The Hall–Kier alpha value is -2.39. The smallest absolute Gasteiger partial charge is 0.243 e. The zero-order valence-electron chi connectivity index (χ0n) is 16.0. The molecule has 1 heterocycles. The minimum atomic E-state index is -0.416. The van der Waals surface area contributed by atoms with Crippen molar-refractivity contribution < 1.29 is 13.9 Å². The summed E-state index contributed by atoms with van der Waals surface area (Å²) < 4.78 is 27.7. The van der Waals surface area contributed by atoms with Gasteiger partial charge in [0.1, 0.15) is 12.4 Å². The molecule has 10 heteroatoms. The third kappa shape index (κ3) is 5.16. The number of aryl methyl sites for hydroxylation is 1. The predicted molar refractivity (Wildman–Crippen MR) is 112 cm³/mol. The van der Waals surface area contributed by atoms with Crippen molar-refractivity contribution in [2.75, 3.05) is 12.4 Å². The van der Waals surface area contributed by atoms with Crippen molar-refractivity contribution in [3.8, 4) is 11.5 Å². The fourth-order valence-corrected chi connectivity index (χ4v) is 3.35. The lowest BCUT2D eigenvalue weighted by atomic mass is 10.2. The Morgan fingerprint density at radius 3 is 2.83 bits per heavy atom. The van der Waals surface area contributed by atoms with E-state index in [2.05, 4.69) is 43.7 Å². The van der Waals surface area contributed by atoms with E-state index in [4.69, 9.17) is 21.1 Å². The van der Waals surface area contributed by atoms with Gasteiger partial charge >= 0.3 is 0 Å². The van der Waals surface area contributed by atoms with Crippen molar-refractivity contribution in [1.82, 2.24) is 20.2 Å². The Balaban J connectivity index is 1.74. The summed E-state index contributed by atoms with van der Waals surface area (Å²) in [5.74, 6) is 1.16. The Labute approximate surface area is 181 Å². The minimum absolute atomic E-state index is 0.0162. The highest BCUT2D eigenvalue weighted by Crippen LogP contribution is 2.35. The number of benzene rings is 2. The van der Waals surface area contributed by atoms with Gasteiger partial charge in [-0.1, -0.05) is 45.6 Å². The molecule has 154 valence electrons. The molecule has 0 aliphatic rings. The van der Waals surface area contributed by atoms with E-state index in [-0.39, 0.29) is 6.61 Å². The average molecular weight is 485 g/mol. The Morgan fingerprint density at radius 1 is 1.28 bits per heavy atom. The molecule has 7 nitrogen and oxygen atoms in total. The van der Waals surface area contributed by atoms with E-state index < -0.39 is 5.82 Å². The van der Waals surface area contributed by atoms with Crippen molar-refractivity contribution in [2.24, 2.45) is 0 Å². The van der Waals surface area contributed by atoms with Gasteiger partial charge in [0.15, 0.2) is 11.5 Å². The van der Waals surface area contributed by atoms with Crippen LogP contribution in [0.25, 0.3) is 0 Å². The average Bonchev–Trinajstić information content (AvgIpc) is 3.14. The third-order valence-electron chi connectivity index (χ3n) is 4.17. The maximum Gasteiger partial charge on any atom is 0.243 e. The number of nitrogens with zero attached hydrogens (tertiary/aromatic N) is 4. The highest BCUT2D eigenvalue weighted by atomic mass is 79.9. The largest absolute Gasteiger partial charge is 0.493 e. The molecule has 0 spiro atoms. The highest BCUT2D eigenvalue weighted by Gasteiger charge is 2.14. The van der Waals surface area contributed by atoms with E-state index >= 15 is 0 Å². The second kappa shape index (κ2) is 9.89. The van der Waals surface area contributed by atoms with Crippen LogP contribution in [0.15, 0.2) is 34.8 Å². The molecule has 0 fully saturated rings. The van der Waals surface area contributed by atoms with Crippen LogP contribution in [0.2, 0.25) is 5.02 Å². The molecule has 0 amide bonds. The number of anilines is 1. The van der Waals surface area contributed by atoms with Crippen molar-refractivity contribution >= 4 is 33.5 Å². The Morgan fingerprint density at radius 2 is 2.10 bits per heavy atom. The van der Waals surface area contributed by atoms with E-state index in [0.29, 0.717) is 34.6 Å². The Bertz CT molecular complexity index is 965. The lowest BCUT2D eigenvalue weighted by molar-refractivity contribution is 0.279. The zero-order chi connectivity index (χ0) is 20.8. The molecule has 3 rings (SSSR count). The molecule has 0 aliphatic heterocycles. The molecule has 2 aromatic carbocycles. The number of halogens is 3. The van der Waals surface area contributed by atoms with Crippen molar-refractivity contribution in [2.45, 2.75) is 33.0 Å². The van der Waals surface area contributed by atoms with Gasteiger partial charge < -0.3 is 14.8 Å². The maximum atomic E-state index is 14.0. The number of hydrogen-bond acceptors (Lipinski definition) is 6. The molecular weight excluding hydrogens is 465 g/mol. The van der Waals surface area contributed by atoms with Gasteiger partial charge in [0.05, 0.1) is 12.1 Å². The molecule has 0 radical (unpaired) electrons. The molecule has 29 heavy (non-hydrogen) atoms. The second-order valence-corrected chi connectivity index (χ2v) is 7.42. The van der Waals surface area contributed by atoms with E-state index in [9.17, 15) is 4.39 Å². The summed E-state index contributed by atoms with van der Waals surface area (Å²) >= 11 is 9.61. The SMILES string of the molecule is CCCn1nnnc1NCc1cc(OC)c(OCc2c(F)cccc2Cl)cc1Br. The first-order valence-corrected chi connectivity index (χ1v) is 10.1. The first kappa shape index (κ1) is 21.3. The maximum absolute atomic E-state index is 14.0. The Kier molecular flexibility index (Phi) is 7.27.